The first-order valence-electron chi connectivity index (χ1n) is 6.16. The van der Waals surface area contributed by atoms with E-state index in [9.17, 15) is 0 Å². The average Bonchev–Trinajstić information content (AvgIpc) is 2.95. The molecule has 0 heterocycles. The molecule has 1 saturated carbocycles. The van der Waals surface area contributed by atoms with Crippen molar-refractivity contribution in [1.82, 2.24) is 5.32 Å². The molecule has 1 heteroatoms. The van der Waals surface area contributed by atoms with Crippen molar-refractivity contribution < 1.29 is 0 Å². The Balaban J connectivity index is 1.66. The monoisotopic (exact) mass is 201 g/mol. The summed E-state index contributed by atoms with van der Waals surface area (Å²) in [6.45, 7) is 2.36. The van der Waals surface area contributed by atoms with Crippen LogP contribution in [0.5, 0.6) is 0 Å². The molecule has 1 aromatic rings. The van der Waals surface area contributed by atoms with Crippen LogP contribution in [-0.2, 0) is 12.8 Å². The van der Waals surface area contributed by atoms with Gasteiger partial charge in [0.15, 0.2) is 0 Å². The van der Waals surface area contributed by atoms with Gasteiger partial charge in [0.05, 0.1) is 0 Å². The van der Waals surface area contributed by atoms with Gasteiger partial charge >= 0.3 is 0 Å². The fourth-order valence-electron chi connectivity index (χ4n) is 2.70. The van der Waals surface area contributed by atoms with Crippen LogP contribution in [0, 0.1) is 5.92 Å². The van der Waals surface area contributed by atoms with Crippen LogP contribution < -0.4 is 5.32 Å². The molecule has 1 aromatic carbocycles. The van der Waals surface area contributed by atoms with Crippen molar-refractivity contribution in [2.75, 3.05) is 0 Å². The Morgan fingerprint density at radius 3 is 2.27 bits per heavy atom. The second-order valence-electron chi connectivity index (χ2n) is 5.17. The van der Waals surface area contributed by atoms with E-state index in [1.54, 1.807) is 11.1 Å². The van der Waals surface area contributed by atoms with E-state index < -0.39 is 0 Å². The first-order valence-corrected chi connectivity index (χ1v) is 6.16. The molecule has 3 rings (SSSR count). The van der Waals surface area contributed by atoms with Gasteiger partial charge in [-0.3, -0.25) is 0 Å². The van der Waals surface area contributed by atoms with E-state index in [1.807, 2.05) is 0 Å². The summed E-state index contributed by atoms with van der Waals surface area (Å²) in [4.78, 5) is 0. The number of nitrogens with one attached hydrogen (secondary N) is 1. The molecule has 1 unspecified atom stereocenters. The largest absolute Gasteiger partial charge is 0.311 e. The average molecular weight is 201 g/mol. The van der Waals surface area contributed by atoms with Crippen molar-refractivity contribution in [1.29, 1.82) is 0 Å². The van der Waals surface area contributed by atoms with Crippen LogP contribution >= 0.6 is 0 Å². The van der Waals surface area contributed by atoms with Crippen LogP contribution in [-0.4, -0.2) is 12.1 Å². The zero-order chi connectivity index (χ0) is 10.3. The number of rotatable bonds is 3. The van der Waals surface area contributed by atoms with E-state index in [2.05, 4.69) is 36.5 Å². The van der Waals surface area contributed by atoms with Gasteiger partial charge in [-0.1, -0.05) is 24.3 Å². The second kappa shape index (κ2) is 3.64. The molecule has 1 nitrogen and oxygen atoms in total. The number of benzene rings is 1. The van der Waals surface area contributed by atoms with Crippen molar-refractivity contribution >= 4 is 0 Å². The van der Waals surface area contributed by atoms with Crippen LogP contribution in [0.4, 0.5) is 0 Å². The second-order valence-corrected chi connectivity index (χ2v) is 5.17. The van der Waals surface area contributed by atoms with Gasteiger partial charge in [0, 0.05) is 12.1 Å². The summed E-state index contributed by atoms with van der Waals surface area (Å²) in [5.41, 5.74) is 3.15. The minimum absolute atomic E-state index is 0.685. The maximum absolute atomic E-state index is 3.73. The Bertz CT molecular complexity index is 329. The van der Waals surface area contributed by atoms with E-state index in [4.69, 9.17) is 0 Å². The SMILES string of the molecule is CC(NC1CC1)C1Cc2ccccc2C1. The molecule has 0 aliphatic heterocycles. The highest BCUT2D eigenvalue weighted by Crippen LogP contribution is 2.30. The van der Waals surface area contributed by atoms with E-state index in [-0.39, 0.29) is 0 Å². The lowest BCUT2D eigenvalue weighted by atomic mass is 9.98. The van der Waals surface area contributed by atoms with Gasteiger partial charge in [-0.15, -0.1) is 0 Å². The van der Waals surface area contributed by atoms with Gasteiger partial charge < -0.3 is 5.32 Å². The molecule has 0 amide bonds. The topological polar surface area (TPSA) is 12.0 Å². The van der Waals surface area contributed by atoms with Crippen LogP contribution in [0.1, 0.15) is 30.9 Å². The fraction of sp³-hybridized carbons (Fsp3) is 0.571. The smallest absolute Gasteiger partial charge is 0.00759 e. The normalized spacial score (nSPS) is 22.7. The molecule has 80 valence electrons. The van der Waals surface area contributed by atoms with E-state index in [0.717, 1.165) is 12.0 Å². The van der Waals surface area contributed by atoms with Crippen LogP contribution in [0.2, 0.25) is 0 Å². The molecule has 2 aliphatic rings. The third kappa shape index (κ3) is 1.93. The van der Waals surface area contributed by atoms with Gasteiger partial charge in [-0.25, -0.2) is 0 Å². The summed E-state index contributed by atoms with van der Waals surface area (Å²) in [5.74, 6) is 0.822. The van der Waals surface area contributed by atoms with Crippen molar-refractivity contribution in [2.24, 2.45) is 5.92 Å². The van der Waals surface area contributed by atoms with Gasteiger partial charge in [0.1, 0.15) is 0 Å². The Labute approximate surface area is 91.9 Å². The molecule has 0 saturated heterocycles. The van der Waals surface area contributed by atoms with Crippen molar-refractivity contribution in [2.45, 2.75) is 44.7 Å². The molecular formula is C14H19N. The third-order valence-electron chi connectivity index (χ3n) is 3.87. The molecule has 1 N–H and O–H groups in total. The van der Waals surface area contributed by atoms with Gasteiger partial charge in [-0.2, -0.15) is 0 Å². The molecule has 0 radical (unpaired) electrons. The predicted molar refractivity (Wildman–Crippen MR) is 63.0 cm³/mol. The molecule has 0 aromatic heterocycles. The van der Waals surface area contributed by atoms with E-state index >= 15 is 0 Å². The maximum atomic E-state index is 3.73. The van der Waals surface area contributed by atoms with Crippen LogP contribution in [0.25, 0.3) is 0 Å². The summed E-state index contributed by atoms with van der Waals surface area (Å²) in [6, 6.07) is 10.4. The molecule has 0 bridgehead atoms. The summed E-state index contributed by atoms with van der Waals surface area (Å²) < 4.78 is 0. The van der Waals surface area contributed by atoms with Gasteiger partial charge in [-0.05, 0) is 49.7 Å². The molecule has 0 spiro atoms. The maximum Gasteiger partial charge on any atom is 0.00759 e. The fourth-order valence-corrected chi connectivity index (χ4v) is 2.70. The summed E-state index contributed by atoms with van der Waals surface area (Å²) >= 11 is 0. The lowest BCUT2D eigenvalue weighted by molar-refractivity contribution is 0.385. The first kappa shape index (κ1) is 9.41. The third-order valence-corrected chi connectivity index (χ3v) is 3.87. The number of fused-ring (bicyclic) bond motifs is 1. The van der Waals surface area contributed by atoms with Crippen LogP contribution in [0.15, 0.2) is 24.3 Å². The van der Waals surface area contributed by atoms with Crippen molar-refractivity contribution in [3.05, 3.63) is 35.4 Å². The highest BCUT2D eigenvalue weighted by Gasteiger charge is 2.30. The number of hydrogen-bond donors (Lipinski definition) is 1. The summed E-state index contributed by atoms with van der Waals surface area (Å²) in [6.07, 6.45) is 5.34. The zero-order valence-electron chi connectivity index (χ0n) is 9.37. The minimum atomic E-state index is 0.685. The Kier molecular flexibility index (Phi) is 2.28. The molecular weight excluding hydrogens is 182 g/mol. The first-order chi connectivity index (χ1) is 7.33. The number of hydrogen-bond acceptors (Lipinski definition) is 1. The lowest BCUT2D eigenvalue weighted by Gasteiger charge is -2.20. The molecule has 15 heavy (non-hydrogen) atoms. The molecule has 1 fully saturated rings. The molecule has 1 atom stereocenters. The quantitative estimate of drug-likeness (QED) is 0.792. The highest BCUT2D eigenvalue weighted by atomic mass is 15.0. The van der Waals surface area contributed by atoms with E-state index in [0.29, 0.717) is 6.04 Å². The van der Waals surface area contributed by atoms with Gasteiger partial charge in [0.25, 0.3) is 0 Å². The lowest BCUT2D eigenvalue weighted by Crippen LogP contribution is -2.35. The van der Waals surface area contributed by atoms with Crippen LogP contribution in [0.3, 0.4) is 0 Å². The van der Waals surface area contributed by atoms with E-state index in [1.165, 1.54) is 25.7 Å². The van der Waals surface area contributed by atoms with Gasteiger partial charge in [0.2, 0.25) is 0 Å². The Hall–Kier alpha value is -0.820. The minimum Gasteiger partial charge on any atom is -0.311 e. The molecule has 2 aliphatic carbocycles. The Morgan fingerprint density at radius 2 is 1.73 bits per heavy atom. The van der Waals surface area contributed by atoms with Crippen molar-refractivity contribution in [3.63, 3.8) is 0 Å². The standard InChI is InChI=1S/C14H19N/c1-10(15-14-6-7-14)13-8-11-4-2-3-5-12(11)9-13/h2-5,10,13-15H,6-9H2,1H3. The summed E-state index contributed by atoms with van der Waals surface area (Å²) in [5, 5.41) is 3.73. The highest BCUT2D eigenvalue weighted by molar-refractivity contribution is 5.32. The predicted octanol–water partition coefficient (Wildman–Crippen LogP) is 2.54. The van der Waals surface area contributed by atoms with Crippen molar-refractivity contribution in [3.8, 4) is 0 Å². The summed E-state index contributed by atoms with van der Waals surface area (Å²) in [7, 11) is 0. The Morgan fingerprint density at radius 1 is 1.13 bits per heavy atom. The zero-order valence-corrected chi connectivity index (χ0v) is 9.37.